The molecule has 3 nitrogen and oxygen atoms in total. The molecule has 1 aromatic carbocycles. The van der Waals surface area contributed by atoms with Crippen LogP contribution >= 0.6 is 11.8 Å². The first-order chi connectivity index (χ1) is 8.90. The van der Waals surface area contributed by atoms with Crippen molar-refractivity contribution in [3.05, 3.63) is 29.3 Å². The van der Waals surface area contributed by atoms with Crippen LogP contribution in [0.25, 0.3) is 0 Å². The van der Waals surface area contributed by atoms with E-state index in [1.807, 2.05) is 30.8 Å². The molecule has 0 saturated heterocycles. The second kappa shape index (κ2) is 7.56. The van der Waals surface area contributed by atoms with E-state index >= 15 is 0 Å². The molecule has 1 rings (SSSR count). The summed E-state index contributed by atoms with van der Waals surface area (Å²) in [5.41, 5.74) is 8.95. The van der Waals surface area contributed by atoms with Crippen molar-refractivity contribution in [3.8, 4) is 0 Å². The molecule has 0 aromatic heterocycles. The zero-order chi connectivity index (χ0) is 14.4. The summed E-state index contributed by atoms with van der Waals surface area (Å²) in [6.07, 6.45) is 0.352. The minimum Gasteiger partial charge on any atom is -0.327 e. The summed E-state index contributed by atoms with van der Waals surface area (Å²) < 4.78 is 0. The second-order valence-corrected chi connectivity index (χ2v) is 6.74. The van der Waals surface area contributed by atoms with E-state index < -0.39 is 0 Å². The van der Waals surface area contributed by atoms with Gasteiger partial charge in [0.05, 0.1) is 0 Å². The lowest BCUT2D eigenvalue weighted by Crippen LogP contribution is -2.24. The van der Waals surface area contributed by atoms with E-state index in [4.69, 9.17) is 5.73 Å². The van der Waals surface area contributed by atoms with Gasteiger partial charge in [0.25, 0.3) is 0 Å². The van der Waals surface area contributed by atoms with Gasteiger partial charge in [0.2, 0.25) is 5.91 Å². The average Bonchev–Trinajstić information content (AvgIpc) is 2.29. The number of nitrogens with one attached hydrogen (secondary N) is 1. The normalized spacial score (nSPS) is 12.5. The van der Waals surface area contributed by atoms with Crippen LogP contribution in [-0.4, -0.2) is 17.2 Å². The van der Waals surface area contributed by atoms with E-state index in [1.165, 1.54) is 5.56 Å². The van der Waals surface area contributed by atoms with Gasteiger partial charge in [-0.25, -0.2) is 0 Å². The van der Waals surface area contributed by atoms with Crippen molar-refractivity contribution in [2.24, 2.45) is 5.73 Å². The highest BCUT2D eigenvalue weighted by Gasteiger charge is 2.09. The van der Waals surface area contributed by atoms with Crippen LogP contribution in [0, 0.1) is 6.92 Å². The van der Waals surface area contributed by atoms with Crippen LogP contribution in [0.1, 0.15) is 38.3 Å². The lowest BCUT2D eigenvalue weighted by Gasteiger charge is -2.14. The Bertz CT molecular complexity index is 430. The summed E-state index contributed by atoms with van der Waals surface area (Å²) in [7, 11) is 0. The molecule has 19 heavy (non-hydrogen) atoms. The third kappa shape index (κ3) is 5.66. The highest BCUT2D eigenvalue weighted by Crippen LogP contribution is 2.24. The summed E-state index contributed by atoms with van der Waals surface area (Å²) in [6.45, 7) is 8.27. The molecule has 1 unspecified atom stereocenters. The molecular weight excluding hydrogens is 256 g/mol. The number of amides is 1. The molecule has 0 radical (unpaired) electrons. The Morgan fingerprint density at radius 3 is 2.63 bits per heavy atom. The van der Waals surface area contributed by atoms with E-state index in [0.29, 0.717) is 11.7 Å². The van der Waals surface area contributed by atoms with E-state index in [1.54, 1.807) is 0 Å². The van der Waals surface area contributed by atoms with E-state index in [-0.39, 0.29) is 11.9 Å². The fourth-order valence-electron chi connectivity index (χ4n) is 1.73. The molecule has 0 aliphatic heterocycles. The van der Waals surface area contributed by atoms with Gasteiger partial charge in [-0.1, -0.05) is 26.0 Å². The Hall–Kier alpha value is -1.00. The van der Waals surface area contributed by atoms with Crippen molar-refractivity contribution in [2.45, 2.75) is 51.2 Å². The maximum atomic E-state index is 11.8. The lowest BCUT2D eigenvalue weighted by atomic mass is 10.1. The molecule has 4 heteroatoms. The van der Waals surface area contributed by atoms with Gasteiger partial charge in [-0.2, -0.15) is 11.8 Å². The van der Waals surface area contributed by atoms with Gasteiger partial charge in [-0.3, -0.25) is 4.79 Å². The molecule has 1 aromatic rings. The third-order valence-electron chi connectivity index (χ3n) is 2.80. The Morgan fingerprint density at radius 2 is 2.05 bits per heavy atom. The average molecular weight is 280 g/mol. The first-order valence-electron chi connectivity index (χ1n) is 6.65. The number of carbonyl (C=O) groups is 1. The smallest absolute Gasteiger partial charge is 0.225 e. The summed E-state index contributed by atoms with van der Waals surface area (Å²) in [4.78, 5) is 11.8. The van der Waals surface area contributed by atoms with Gasteiger partial charge in [0.1, 0.15) is 0 Å². The fraction of sp³-hybridized carbons (Fsp3) is 0.533. The van der Waals surface area contributed by atoms with Crippen LogP contribution in [0.3, 0.4) is 0 Å². The predicted molar refractivity (Wildman–Crippen MR) is 84.5 cm³/mol. The van der Waals surface area contributed by atoms with Crippen LogP contribution < -0.4 is 11.1 Å². The molecule has 0 heterocycles. The van der Waals surface area contributed by atoms with Crippen molar-refractivity contribution >= 4 is 23.4 Å². The maximum Gasteiger partial charge on any atom is 0.225 e. The molecule has 0 bridgehead atoms. The molecular formula is C15H24N2OS. The first kappa shape index (κ1) is 16.1. The Balaban J connectivity index is 2.74. The first-order valence-corrected chi connectivity index (χ1v) is 7.70. The zero-order valence-electron chi connectivity index (χ0n) is 12.2. The van der Waals surface area contributed by atoms with Gasteiger partial charge in [-0.15, -0.1) is 0 Å². The largest absolute Gasteiger partial charge is 0.327 e. The number of hydrogen-bond acceptors (Lipinski definition) is 3. The summed E-state index contributed by atoms with van der Waals surface area (Å²) in [6, 6.07) is 5.94. The summed E-state index contributed by atoms with van der Waals surface area (Å²) in [5, 5.41) is 3.55. The Kier molecular flexibility index (Phi) is 6.38. The minimum absolute atomic E-state index is 0.0215. The van der Waals surface area contributed by atoms with Crippen LogP contribution in [0.2, 0.25) is 0 Å². The number of thioether (sulfide) groups is 1. The predicted octanol–water partition coefficient (Wildman–Crippen LogP) is 3.31. The van der Waals surface area contributed by atoms with Crippen molar-refractivity contribution in [3.63, 3.8) is 0 Å². The number of nitrogens with two attached hydrogens (primary N) is 1. The second-order valence-electron chi connectivity index (χ2n) is 5.18. The topological polar surface area (TPSA) is 55.1 Å². The molecule has 0 saturated carbocycles. The highest BCUT2D eigenvalue weighted by atomic mass is 32.2. The van der Waals surface area contributed by atoms with Crippen molar-refractivity contribution in [1.82, 2.24) is 0 Å². The number of rotatable bonds is 6. The number of carbonyl (C=O) groups excluding carboxylic acids is 1. The molecule has 0 aliphatic carbocycles. The standard InChI is InChI=1S/C15H24N2OS/c1-10(2)19-9-13-6-5-7-14(12(13)4)17-15(18)8-11(3)16/h5-7,10-11H,8-9,16H2,1-4H3,(H,17,18). The summed E-state index contributed by atoms with van der Waals surface area (Å²) >= 11 is 1.90. The quantitative estimate of drug-likeness (QED) is 0.840. The Morgan fingerprint density at radius 1 is 1.37 bits per heavy atom. The maximum absolute atomic E-state index is 11.8. The summed E-state index contributed by atoms with van der Waals surface area (Å²) in [5.74, 6) is 0.951. The van der Waals surface area contributed by atoms with Gasteiger partial charge in [0.15, 0.2) is 0 Å². The van der Waals surface area contributed by atoms with Crippen LogP contribution in [0.4, 0.5) is 5.69 Å². The van der Waals surface area contributed by atoms with Gasteiger partial charge in [-0.05, 0) is 36.3 Å². The Labute approximate surface area is 120 Å². The number of anilines is 1. The van der Waals surface area contributed by atoms with Gasteiger partial charge >= 0.3 is 0 Å². The van der Waals surface area contributed by atoms with Crippen LogP contribution in [0.15, 0.2) is 18.2 Å². The number of benzene rings is 1. The van der Waals surface area contributed by atoms with Crippen molar-refractivity contribution in [1.29, 1.82) is 0 Å². The monoisotopic (exact) mass is 280 g/mol. The van der Waals surface area contributed by atoms with Crippen LogP contribution in [0.5, 0.6) is 0 Å². The van der Waals surface area contributed by atoms with Gasteiger partial charge in [0, 0.05) is 23.9 Å². The lowest BCUT2D eigenvalue weighted by molar-refractivity contribution is -0.116. The SMILES string of the molecule is Cc1c(CSC(C)C)cccc1NC(=O)CC(C)N. The van der Waals surface area contributed by atoms with Crippen molar-refractivity contribution < 1.29 is 4.79 Å². The fourth-order valence-corrected chi connectivity index (χ4v) is 2.55. The molecule has 3 N–H and O–H groups in total. The van der Waals surface area contributed by atoms with E-state index in [0.717, 1.165) is 17.0 Å². The molecule has 0 spiro atoms. The van der Waals surface area contributed by atoms with Crippen molar-refractivity contribution in [2.75, 3.05) is 5.32 Å². The molecule has 106 valence electrons. The molecule has 1 amide bonds. The molecule has 0 fully saturated rings. The highest BCUT2D eigenvalue weighted by molar-refractivity contribution is 7.99. The third-order valence-corrected chi connectivity index (χ3v) is 3.94. The van der Waals surface area contributed by atoms with E-state index in [2.05, 4.69) is 32.2 Å². The molecule has 1 atom stereocenters. The minimum atomic E-state index is -0.111. The zero-order valence-corrected chi connectivity index (χ0v) is 13.0. The number of hydrogen-bond donors (Lipinski definition) is 2. The van der Waals surface area contributed by atoms with E-state index in [9.17, 15) is 4.79 Å². The molecule has 0 aliphatic rings. The van der Waals surface area contributed by atoms with Gasteiger partial charge < -0.3 is 11.1 Å². The van der Waals surface area contributed by atoms with Crippen LogP contribution in [-0.2, 0) is 10.5 Å².